The van der Waals surface area contributed by atoms with Gasteiger partial charge in [0.15, 0.2) is 0 Å². The van der Waals surface area contributed by atoms with Crippen LogP contribution >= 0.6 is 0 Å². The lowest BCUT2D eigenvalue weighted by Gasteiger charge is -2.14. The minimum absolute atomic E-state index is 0.124. The zero-order valence-corrected chi connectivity index (χ0v) is 13.0. The Hall–Kier alpha value is -2.23. The van der Waals surface area contributed by atoms with Crippen LogP contribution in [0.25, 0.3) is 11.3 Å². The third-order valence-electron chi connectivity index (χ3n) is 3.44. The van der Waals surface area contributed by atoms with E-state index in [2.05, 4.69) is 15.3 Å². The van der Waals surface area contributed by atoms with Crippen LogP contribution in [0.4, 0.5) is 0 Å². The number of aromatic nitrogens is 2. The minimum atomic E-state index is -0.124. The Kier molecular flexibility index (Phi) is 4.68. The average molecular weight is 283 g/mol. The molecule has 21 heavy (non-hydrogen) atoms. The van der Waals surface area contributed by atoms with Crippen LogP contribution in [0.3, 0.4) is 0 Å². The third-order valence-corrected chi connectivity index (χ3v) is 3.44. The Morgan fingerprint density at radius 2 is 2.10 bits per heavy atom. The minimum Gasteiger partial charge on any atom is -0.349 e. The Morgan fingerprint density at radius 3 is 2.76 bits per heavy atom. The van der Waals surface area contributed by atoms with Crippen LogP contribution in [0.1, 0.15) is 42.0 Å². The second-order valence-electron chi connectivity index (χ2n) is 5.33. The lowest BCUT2D eigenvalue weighted by atomic mass is 10.0. The number of aryl methyl sites for hydroxylation is 2. The number of amides is 1. The molecule has 2 rings (SSSR count). The number of nitrogens with zero attached hydrogens (tertiary/aromatic N) is 2. The van der Waals surface area contributed by atoms with Crippen molar-refractivity contribution in [1.82, 2.24) is 15.3 Å². The molecule has 0 spiro atoms. The second kappa shape index (κ2) is 6.48. The van der Waals surface area contributed by atoms with Gasteiger partial charge < -0.3 is 5.32 Å². The molecule has 4 heteroatoms. The topological polar surface area (TPSA) is 54.9 Å². The van der Waals surface area contributed by atoms with Crippen molar-refractivity contribution in [3.05, 3.63) is 47.4 Å². The van der Waals surface area contributed by atoms with Gasteiger partial charge in [-0.1, -0.05) is 30.7 Å². The van der Waals surface area contributed by atoms with Crippen LogP contribution in [0.5, 0.6) is 0 Å². The highest BCUT2D eigenvalue weighted by Crippen LogP contribution is 2.22. The Morgan fingerprint density at radius 1 is 1.33 bits per heavy atom. The molecule has 0 bridgehead atoms. The molecule has 0 saturated heterocycles. The van der Waals surface area contributed by atoms with Crippen molar-refractivity contribution in [1.29, 1.82) is 0 Å². The molecular formula is C17H21N3O. The van der Waals surface area contributed by atoms with Gasteiger partial charge in [-0.2, -0.15) is 0 Å². The highest BCUT2D eigenvalue weighted by Gasteiger charge is 2.16. The summed E-state index contributed by atoms with van der Waals surface area (Å²) < 4.78 is 0. The molecule has 2 aromatic rings. The normalized spacial score (nSPS) is 12.0. The average Bonchev–Trinajstić information content (AvgIpc) is 2.46. The first-order chi connectivity index (χ1) is 10.0. The number of hydrogen-bond donors (Lipinski definition) is 1. The SMILES string of the molecule is CCC(C)NC(=O)c1cnc(C)nc1-c1cccc(C)c1. The Bertz CT molecular complexity index is 652. The molecular weight excluding hydrogens is 262 g/mol. The van der Waals surface area contributed by atoms with Crippen molar-refractivity contribution in [3.8, 4) is 11.3 Å². The van der Waals surface area contributed by atoms with E-state index in [1.54, 1.807) is 6.20 Å². The molecule has 1 amide bonds. The van der Waals surface area contributed by atoms with E-state index >= 15 is 0 Å². The van der Waals surface area contributed by atoms with Gasteiger partial charge in [-0.15, -0.1) is 0 Å². The third kappa shape index (κ3) is 3.66. The predicted molar refractivity (Wildman–Crippen MR) is 84.2 cm³/mol. The molecule has 0 aliphatic heterocycles. The molecule has 1 unspecified atom stereocenters. The molecule has 1 aromatic carbocycles. The van der Waals surface area contributed by atoms with E-state index in [1.165, 1.54) is 0 Å². The summed E-state index contributed by atoms with van der Waals surface area (Å²) in [5, 5.41) is 2.97. The summed E-state index contributed by atoms with van der Waals surface area (Å²) >= 11 is 0. The molecule has 110 valence electrons. The number of carbonyl (C=O) groups excluding carboxylic acids is 1. The van der Waals surface area contributed by atoms with Crippen molar-refractivity contribution in [2.75, 3.05) is 0 Å². The number of hydrogen-bond acceptors (Lipinski definition) is 3. The van der Waals surface area contributed by atoms with Gasteiger partial charge in [-0.3, -0.25) is 4.79 Å². The van der Waals surface area contributed by atoms with Crippen molar-refractivity contribution in [2.45, 2.75) is 40.2 Å². The van der Waals surface area contributed by atoms with Gasteiger partial charge in [0, 0.05) is 17.8 Å². The monoisotopic (exact) mass is 283 g/mol. The molecule has 0 aliphatic rings. The number of benzene rings is 1. The van der Waals surface area contributed by atoms with E-state index < -0.39 is 0 Å². The van der Waals surface area contributed by atoms with E-state index in [9.17, 15) is 4.79 Å². The molecule has 4 nitrogen and oxygen atoms in total. The first-order valence-electron chi connectivity index (χ1n) is 7.22. The zero-order chi connectivity index (χ0) is 15.4. The first-order valence-corrected chi connectivity index (χ1v) is 7.22. The zero-order valence-electron chi connectivity index (χ0n) is 13.0. The highest BCUT2D eigenvalue weighted by atomic mass is 16.1. The number of nitrogens with one attached hydrogen (secondary N) is 1. The van der Waals surface area contributed by atoms with Gasteiger partial charge in [-0.05, 0) is 33.3 Å². The molecule has 1 heterocycles. The molecule has 0 aliphatic carbocycles. The van der Waals surface area contributed by atoms with Crippen LogP contribution < -0.4 is 5.32 Å². The molecule has 0 fully saturated rings. The van der Waals surface area contributed by atoms with Crippen molar-refractivity contribution in [3.63, 3.8) is 0 Å². The van der Waals surface area contributed by atoms with Crippen LogP contribution in [0, 0.1) is 13.8 Å². The fourth-order valence-corrected chi connectivity index (χ4v) is 2.05. The van der Waals surface area contributed by atoms with E-state index in [4.69, 9.17) is 0 Å². The van der Waals surface area contributed by atoms with Crippen LogP contribution in [-0.4, -0.2) is 21.9 Å². The number of carbonyl (C=O) groups is 1. The van der Waals surface area contributed by atoms with Crippen LogP contribution in [0.15, 0.2) is 30.5 Å². The molecule has 0 saturated carbocycles. The van der Waals surface area contributed by atoms with Gasteiger partial charge in [0.25, 0.3) is 5.91 Å². The van der Waals surface area contributed by atoms with E-state index in [0.29, 0.717) is 17.1 Å². The maximum absolute atomic E-state index is 12.4. The van der Waals surface area contributed by atoms with Crippen molar-refractivity contribution < 1.29 is 4.79 Å². The first kappa shape index (κ1) is 15.2. The van der Waals surface area contributed by atoms with E-state index in [-0.39, 0.29) is 11.9 Å². The summed E-state index contributed by atoms with van der Waals surface area (Å²) in [6, 6.07) is 8.12. The molecule has 0 radical (unpaired) electrons. The van der Waals surface area contributed by atoms with Gasteiger partial charge in [0.2, 0.25) is 0 Å². The summed E-state index contributed by atoms with van der Waals surface area (Å²) in [6.45, 7) is 7.88. The quantitative estimate of drug-likeness (QED) is 0.936. The fourth-order valence-electron chi connectivity index (χ4n) is 2.05. The lowest BCUT2D eigenvalue weighted by molar-refractivity contribution is 0.0939. The van der Waals surface area contributed by atoms with Gasteiger partial charge in [0.05, 0.1) is 11.3 Å². The smallest absolute Gasteiger partial charge is 0.255 e. The Labute approximate surface area is 125 Å². The molecule has 1 aromatic heterocycles. The van der Waals surface area contributed by atoms with Crippen LogP contribution in [0.2, 0.25) is 0 Å². The number of rotatable bonds is 4. The summed E-state index contributed by atoms with van der Waals surface area (Å²) in [5.74, 6) is 0.535. The van der Waals surface area contributed by atoms with Crippen molar-refractivity contribution in [2.24, 2.45) is 0 Å². The predicted octanol–water partition coefficient (Wildman–Crippen LogP) is 3.29. The maximum Gasteiger partial charge on any atom is 0.255 e. The van der Waals surface area contributed by atoms with E-state index in [1.807, 2.05) is 52.0 Å². The summed E-state index contributed by atoms with van der Waals surface area (Å²) in [5.41, 5.74) is 3.28. The van der Waals surface area contributed by atoms with Gasteiger partial charge in [0.1, 0.15) is 5.82 Å². The van der Waals surface area contributed by atoms with Crippen molar-refractivity contribution >= 4 is 5.91 Å². The second-order valence-corrected chi connectivity index (χ2v) is 5.33. The van der Waals surface area contributed by atoms with Gasteiger partial charge in [-0.25, -0.2) is 9.97 Å². The fraction of sp³-hybridized carbons (Fsp3) is 0.353. The summed E-state index contributed by atoms with van der Waals surface area (Å²) in [7, 11) is 0. The molecule has 1 N–H and O–H groups in total. The molecule has 1 atom stereocenters. The summed E-state index contributed by atoms with van der Waals surface area (Å²) in [4.78, 5) is 21.0. The van der Waals surface area contributed by atoms with Crippen LogP contribution in [-0.2, 0) is 0 Å². The highest BCUT2D eigenvalue weighted by molar-refractivity contribution is 5.99. The standard InChI is InChI=1S/C17H21N3O/c1-5-12(3)19-17(21)15-10-18-13(4)20-16(15)14-8-6-7-11(2)9-14/h6-10,12H,5H2,1-4H3,(H,19,21). The summed E-state index contributed by atoms with van der Waals surface area (Å²) in [6.07, 6.45) is 2.50. The van der Waals surface area contributed by atoms with E-state index in [0.717, 1.165) is 17.5 Å². The maximum atomic E-state index is 12.4. The Balaban J connectivity index is 2.45. The largest absolute Gasteiger partial charge is 0.349 e. The lowest BCUT2D eigenvalue weighted by Crippen LogP contribution is -2.32. The van der Waals surface area contributed by atoms with Gasteiger partial charge >= 0.3 is 0 Å².